The number of hydrogen-bond acceptors (Lipinski definition) is 4. The van der Waals surface area contributed by atoms with E-state index in [-0.39, 0.29) is 18.3 Å². The maximum Gasteiger partial charge on any atom is 0.254 e. The largest absolute Gasteiger partial charge is 0.305 e. The van der Waals surface area contributed by atoms with Gasteiger partial charge in [0.1, 0.15) is 5.82 Å². The van der Waals surface area contributed by atoms with Crippen molar-refractivity contribution in [3.05, 3.63) is 71.5 Å². The highest BCUT2D eigenvalue weighted by atomic mass is 19.1. The van der Waals surface area contributed by atoms with Gasteiger partial charge in [-0.3, -0.25) is 9.69 Å². The van der Waals surface area contributed by atoms with Crippen molar-refractivity contribution in [3.63, 3.8) is 0 Å². The highest BCUT2D eigenvalue weighted by molar-refractivity contribution is 5.83. The van der Waals surface area contributed by atoms with Crippen molar-refractivity contribution >= 4 is 12.1 Å². The van der Waals surface area contributed by atoms with Gasteiger partial charge in [-0.2, -0.15) is 5.10 Å². The molecule has 0 radical (unpaired) electrons. The minimum atomic E-state index is -0.296. The maximum atomic E-state index is 12.8. The summed E-state index contributed by atoms with van der Waals surface area (Å²) < 4.78 is 12.8. The van der Waals surface area contributed by atoms with Gasteiger partial charge < -0.3 is 5.32 Å². The van der Waals surface area contributed by atoms with Crippen molar-refractivity contribution in [1.82, 2.24) is 15.6 Å². The SMILES string of the molecule is O=C(CNC1CCN(Cc2ccccc2)CC1)NN=Cc1ccc(F)cc1. The number of benzene rings is 2. The number of rotatable bonds is 7. The monoisotopic (exact) mass is 368 g/mol. The van der Waals surface area contributed by atoms with Gasteiger partial charge in [-0.15, -0.1) is 0 Å². The molecule has 3 rings (SSSR count). The summed E-state index contributed by atoms with van der Waals surface area (Å²) in [5.41, 5.74) is 4.56. The molecule has 2 aromatic carbocycles. The van der Waals surface area contributed by atoms with Crippen LogP contribution in [0, 0.1) is 5.82 Å². The van der Waals surface area contributed by atoms with Gasteiger partial charge in [0.05, 0.1) is 12.8 Å². The Bertz CT molecular complexity index is 741. The summed E-state index contributed by atoms with van der Waals surface area (Å²) >= 11 is 0. The average Bonchev–Trinajstić information content (AvgIpc) is 2.70. The van der Waals surface area contributed by atoms with Crippen molar-refractivity contribution in [2.75, 3.05) is 19.6 Å². The van der Waals surface area contributed by atoms with Crippen LogP contribution in [0.3, 0.4) is 0 Å². The second-order valence-electron chi connectivity index (χ2n) is 6.76. The number of hydrogen-bond donors (Lipinski definition) is 2. The molecule has 0 aliphatic carbocycles. The van der Waals surface area contributed by atoms with Gasteiger partial charge in [0.2, 0.25) is 0 Å². The third-order valence-corrected chi connectivity index (χ3v) is 4.66. The van der Waals surface area contributed by atoms with Gasteiger partial charge >= 0.3 is 0 Å². The number of carbonyl (C=O) groups is 1. The maximum absolute atomic E-state index is 12.8. The molecule has 1 aliphatic heterocycles. The molecule has 1 heterocycles. The van der Waals surface area contributed by atoms with Crippen LogP contribution < -0.4 is 10.7 Å². The van der Waals surface area contributed by atoms with Crippen molar-refractivity contribution < 1.29 is 9.18 Å². The number of amides is 1. The van der Waals surface area contributed by atoms with E-state index in [0.717, 1.165) is 38.0 Å². The van der Waals surface area contributed by atoms with Gasteiger partial charge in [-0.05, 0) is 49.2 Å². The van der Waals surface area contributed by atoms with Crippen molar-refractivity contribution in [2.24, 2.45) is 5.10 Å². The van der Waals surface area contributed by atoms with Gasteiger partial charge in [-0.1, -0.05) is 42.5 Å². The number of nitrogens with zero attached hydrogens (tertiary/aromatic N) is 2. The van der Waals surface area contributed by atoms with Crippen molar-refractivity contribution in [1.29, 1.82) is 0 Å². The molecule has 0 bridgehead atoms. The summed E-state index contributed by atoms with van der Waals surface area (Å²) in [7, 11) is 0. The molecule has 2 aromatic rings. The summed E-state index contributed by atoms with van der Waals surface area (Å²) in [5.74, 6) is -0.477. The topological polar surface area (TPSA) is 56.7 Å². The first-order valence-corrected chi connectivity index (χ1v) is 9.26. The highest BCUT2D eigenvalue weighted by Gasteiger charge is 2.19. The van der Waals surface area contributed by atoms with E-state index in [2.05, 4.69) is 45.0 Å². The van der Waals surface area contributed by atoms with Crippen molar-refractivity contribution in [3.8, 4) is 0 Å². The Balaban J connectivity index is 1.32. The second-order valence-corrected chi connectivity index (χ2v) is 6.76. The van der Waals surface area contributed by atoms with Gasteiger partial charge in [0.15, 0.2) is 0 Å². The molecule has 1 aliphatic rings. The Kier molecular flexibility index (Phi) is 7.07. The first-order valence-electron chi connectivity index (χ1n) is 9.26. The quantitative estimate of drug-likeness (QED) is 0.583. The molecule has 0 atom stereocenters. The third kappa shape index (κ3) is 6.58. The number of piperidine rings is 1. The van der Waals surface area contributed by atoms with E-state index in [1.807, 2.05) is 6.07 Å². The lowest BCUT2D eigenvalue weighted by molar-refractivity contribution is -0.120. The van der Waals surface area contributed by atoms with Gasteiger partial charge in [-0.25, -0.2) is 9.82 Å². The van der Waals surface area contributed by atoms with E-state index < -0.39 is 0 Å². The summed E-state index contributed by atoms with van der Waals surface area (Å²) in [4.78, 5) is 14.3. The minimum absolute atomic E-state index is 0.180. The van der Waals surface area contributed by atoms with Crippen LogP contribution in [-0.2, 0) is 11.3 Å². The number of halogens is 1. The first-order chi connectivity index (χ1) is 13.2. The van der Waals surface area contributed by atoms with Gasteiger partial charge in [0.25, 0.3) is 5.91 Å². The zero-order valence-electron chi connectivity index (χ0n) is 15.3. The minimum Gasteiger partial charge on any atom is -0.305 e. The zero-order valence-corrected chi connectivity index (χ0v) is 15.3. The Morgan fingerprint density at radius 1 is 1.11 bits per heavy atom. The molecule has 0 spiro atoms. The first kappa shape index (κ1) is 19.2. The molecular formula is C21H25FN4O. The molecule has 0 saturated carbocycles. The van der Waals surface area contributed by atoms with Crippen LogP contribution >= 0.6 is 0 Å². The zero-order chi connectivity index (χ0) is 18.9. The number of nitrogens with one attached hydrogen (secondary N) is 2. The third-order valence-electron chi connectivity index (χ3n) is 4.66. The van der Waals surface area contributed by atoms with Crippen LogP contribution in [-0.4, -0.2) is 42.7 Å². The Hall–Kier alpha value is -2.57. The van der Waals surface area contributed by atoms with E-state index in [4.69, 9.17) is 0 Å². The summed E-state index contributed by atoms with van der Waals surface area (Å²) in [6, 6.07) is 16.8. The van der Waals surface area contributed by atoms with Crippen LogP contribution in [0.2, 0.25) is 0 Å². The van der Waals surface area contributed by atoms with E-state index in [1.165, 1.54) is 23.9 Å². The number of carbonyl (C=O) groups excluding carboxylic acids is 1. The van der Waals surface area contributed by atoms with Crippen LogP contribution in [0.15, 0.2) is 59.7 Å². The van der Waals surface area contributed by atoms with Crippen LogP contribution in [0.1, 0.15) is 24.0 Å². The fourth-order valence-corrected chi connectivity index (χ4v) is 3.14. The second kappa shape index (κ2) is 9.94. The lowest BCUT2D eigenvalue weighted by Gasteiger charge is -2.32. The van der Waals surface area contributed by atoms with Crippen molar-refractivity contribution in [2.45, 2.75) is 25.4 Å². The molecule has 0 aromatic heterocycles. The van der Waals surface area contributed by atoms with Crippen LogP contribution in [0.25, 0.3) is 0 Å². The van der Waals surface area contributed by atoms with Crippen LogP contribution in [0.5, 0.6) is 0 Å². The fourth-order valence-electron chi connectivity index (χ4n) is 3.14. The predicted octanol–water partition coefficient (Wildman–Crippen LogP) is 2.53. The number of hydrazone groups is 1. The van der Waals surface area contributed by atoms with Crippen LogP contribution in [0.4, 0.5) is 4.39 Å². The van der Waals surface area contributed by atoms with E-state index in [9.17, 15) is 9.18 Å². The summed E-state index contributed by atoms with van der Waals surface area (Å²) in [5, 5.41) is 7.20. The molecule has 5 nitrogen and oxygen atoms in total. The molecule has 0 unspecified atom stereocenters. The Labute approximate surface area is 159 Å². The fraction of sp³-hybridized carbons (Fsp3) is 0.333. The van der Waals surface area contributed by atoms with E-state index in [0.29, 0.717) is 6.04 Å². The Morgan fingerprint density at radius 3 is 2.52 bits per heavy atom. The lowest BCUT2D eigenvalue weighted by Crippen LogP contribution is -2.45. The molecule has 1 saturated heterocycles. The van der Waals surface area contributed by atoms with E-state index >= 15 is 0 Å². The highest BCUT2D eigenvalue weighted by Crippen LogP contribution is 2.13. The summed E-state index contributed by atoms with van der Waals surface area (Å²) in [6.45, 7) is 3.27. The molecule has 27 heavy (non-hydrogen) atoms. The molecule has 2 N–H and O–H groups in total. The molecular weight excluding hydrogens is 343 g/mol. The molecule has 1 amide bonds. The van der Waals surface area contributed by atoms with Gasteiger partial charge in [0, 0.05) is 12.6 Å². The number of likely N-dealkylation sites (tertiary alicyclic amines) is 1. The normalized spacial score (nSPS) is 15.9. The average molecular weight is 368 g/mol. The lowest BCUT2D eigenvalue weighted by atomic mass is 10.0. The Morgan fingerprint density at radius 2 is 1.81 bits per heavy atom. The molecule has 142 valence electrons. The predicted molar refractivity (Wildman–Crippen MR) is 105 cm³/mol. The standard InChI is InChI=1S/C21H25FN4O/c22-19-8-6-17(7-9-19)14-24-25-21(27)15-23-20-10-12-26(13-11-20)16-18-4-2-1-3-5-18/h1-9,14,20,23H,10-13,15-16H2,(H,25,27). The summed E-state index contributed by atoms with van der Waals surface area (Å²) in [6.07, 6.45) is 3.55. The smallest absolute Gasteiger partial charge is 0.254 e. The van der Waals surface area contributed by atoms with E-state index in [1.54, 1.807) is 12.1 Å². The molecule has 1 fully saturated rings. The molecule has 6 heteroatoms.